The summed E-state index contributed by atoms with van der Waals surface area (Å²) >= 11 is 0. The van der Waals surface area contributed by atoms with Crippen LogP contribution in [0.1, 0.15) is 16.1 Å². The molecule has 1 rings (SSSR count). The van der Waals surface area contributed by atoms with Gasteiger partial charge in [0.1, 0.15) is 11.3 Å². The molecule has 1 aromatic rings. The summed E-state index contributed by atoms with van der Waals surface area (Å²) < 4.78 is 41.6. The summed E-state index contributed by atoms with van der Waals surface area (Å²) in [5.41, 5.74) is -2.86. The summed E-state index contributed by atoms with van der Waals surface area (Å²) in [6.45, 7) is -0.212. The van der Waals surface area contributed by atoms with Crippen LogP contribution >= 0.6 is 0 Å². The topological polar surface area (TPSA) is 91.4 Å². The molecule has 0 aliphatic heterocycles. The van der Waals surface area contributed by atoms with E-state index in [-0.39, 0.29) is 13.2 Å². The zero-order valence-corrected chi connectivity index (χ0v) is 10.5. The van der Waals surface area contributed by atoms with Crippen LogP contribution in [-0.2, 0) is 10.9 Å². The molecule has 1 aromatic heterocycles. The molecule has 1 atom stereocenters. The van der Waals surface area contributed by atoms with Crippen molar-refractivity contribution in [3.63, 3.8) is 0 Å². The van der Waals surface area contributed by atoms with Gasteiger partial charge in [0.25, 0.3) is 11.5 Å². The lowest BCUT2D eigenvalue weighted by Gasteiger charge is -2.11. The van der Waals surface area contributed by atoms with Crippen LogP contribution in [0.2, 0.25) is 0 Å². The Morgan fingerprint density at radius 3 is 2.65 bits per heavy atom. The lowest BCUT2D eigenvalue weighted by atomic mass is 10.2. The van der Waals surface area contributed by atoms with E-state index < -0.39 is 35.0 Å². The van der Waals surface area contributed by atoms with Gasteiger partial charge >= 0.3 is 6.18 Å². The lowest BCUT2D eigenvalue weighted by Crippen LogP contribution is -2.37. The standard InChI is InChI=1S/C11H13F3N2O4/c1-20-5-6(17)4-15-9(18)7-2-3-8(11(12,13)14)16-10(7)19/h2-3,6,17H,4-5H2,1H3,(H,15,18)(H,16,19). The van der Waals surface area contributed by atoms with Crippen LogP contribution in [0, 0.1) is 0 Å². The summed E-state index contributed by atoms with van der Waals surface area (Å²) in [4.78, 5) is 24.5. The highest BCUT2D eigenvalue weighted by atomic mass is 19.4. The average Bonchev–Trinajstić information content (AvgIpc) is 2.35. The number of amides is 1. The molecule has 20 heavy (non-hydrogen) atoms. The number of nitrogens with one attached hydrogen (secondary N) is 2. The Morgan fingerprint density at radius 2 is 2.15 bits per heavy atom. The van der Waals surface area contributed by atoms with E-state index in [2.05, 4.69) is 10.1 Å². The van der Waals surface area contributed by atoms with Gasteiger partial charge in [-0.2, -0.15) is 13.2 Å². The van der Waals surface area contributed by atoms with Gasteiger partial charge in [0, 0.05) is 13.7 Å². The largest absolute Gasteiger partial charge is 0.431 e. The second-order valence-corrected chi connectivity index (χ2v) is 3.93. The normalized spacial score (nSPS) is 13.1. The number of rotatable bonds is 5. The predicted molar refractivity (Wildman–Crippen MR) is 62.3 cm³/mol. The Morgan fingerprint density at radius 1 is 1.50 bits per heavy atom. The molecule has 6 nitrogen and oxygen atoms in total. The highest BCUT2D eigenvalue weighted by Gasteiger charge is 2.32. The second kappa shape index (κ2) is 6.53. The summed E-state index contributed by atoms with van der Waals surface area (Å²) in [6.07, 6.45) is -5.67. The van der Waals surface area contributed by atoms with E-state index in [1.54, 1.807) is 4.98 Å². The molecule has 1 unspecified atom stereocenters. The molecule has 0 aromatic carbocycles. The van der Waals surface area contributed by atoms with Crippen molar-refractivity contribution in [3.8, 4) is 0 Å². The van der Waals surface area contributed by atoms with Crippen LogP contribution in [0.5, 0.6) is 0 Å². The minimum absolute atomic E-state index is 0.0242. The van der Waals surface area contributed by atoms with E-state index in [0.29, 0.717) is 6.07 Å². The first-order chi connectivity index (χ1) is 9.25. The Balaban J connectivity index is 2.77. The quantitative estimate of drug-likeness (QED) is 0.720. The summed E-state index contributed by atoms with van der Waals surface area (Å²) in [5, 5.41) is 11.5. The number of pyridine rings is 1. The Kier molecular flexibility index (Phi) is 5.28. The molecule has 0 radical (unpaired) electrons. The second-order valence-electron chi connectivity index (χ2n) is 3.93. The van der Waals surface area contributed by atoms with Crippen molar-refractivity contribution in [2.45, 2.75) is 12.3 Å². The molecule has 0 spiro atoms. The molecule has 0 saturated carbocycles. The molecule has 3 N–H and O–H groups in total. The van der Waals surface area contributed by atoms with E-state index in [1.165, 1.54) is 7.11 Å². The fourth-order valence-corrected chi connectivity index (χ4v) is 1.37. The summed E-state index contributed by atoms with van der Waals surface area (Å²) in [5.74, 6) is -0.880. The van der Waals surface area contributed by atoms with Crippen LogP contribution in [0.15, 0.2) is 16.9 Å². The molecule has 0 bridgehead atoms. The number of aliphatic hydroxyl groups is 1. The number of hydrogen-bond acceptors (Lipinski definition) is 4. The maximum absolute atomic E-state index is 12.3. The first kappa shape index (κ1) is 16.2. The number of aromatic amines is 1. The van der Waals surface area contributed by atoms with Crippen LogP contribution < -0.4 is 10.9 Å². The Labute approximate surface area is 111 Å². The molecule has 0 saturated heterocycles. The fourth-order valence-electron chi connectivity index (χ4n) is 1.37. The third-order valence-electron chi connectivity index (χ3n) is 2.32. The molecular formula is C11H13F3N2O4. The number of carbonyl (C=O) groups excluding carboxylic acids is 1. The van der Waals surface area contributed by atoms with E-state index in [4.69, 9.17) is 0 Å². The monoisotopic (exact) mass is 294 g/mol. The number of H-pyrrole nitrogens is 1. The van der Waals surface area contributed by atoms with E-state index in [9.17, 15) is 27.9 Å². The van der Waals surface area contributed by atoms with Gasteiger partial charge in [0.2, 0.25) is 0 Å². The number of hydrogen-bond donors (Lipinski definition) is 3. The minimum atomic E-state index is -4.69. The van der Waals surface area contributed by atoms with Crippen molar-refractivity contribution in [2.75, 3.05) is 20.3 Å². The first-order valence-corrected chi connectivity index (χ1v) is 5.51. The van der Waals surface area contributed by atoms with E-state index in [0.717, 1.165) is 6.07 Å². The maximum Gasteiger partial charge on any atom is 0.431 e. The predicted octanol–water partition coefficient (Wildman–Crippen LogP) is 0.131. The Bertz CT molecular complexity index is 527. The third kappa shape index (κ3) is 4.35. The molecule has 0 fully saturated rings. The van der Waals surface area contributed by atoms with Gasteiger partial charge in [-0.25, -0.2) is 0 Å². The van der Waals surface area contributed by atoms with Crippen LogP contribution in [0.3, 0.4) is 0 Å². The molecule has 112 valence electrons. The number of halogens is 3. The number of alkyl halides is 3. The van der Waals surface area contributed by atoms with Crippen molar-refractivity contribution in [3.05, 3.63) is 33.7 Å². The maximum atomic E-state index is 12.3. The van der Waals surface area contributed by atoms with Crippen molar-refractivity contribution in [2.24, 2.45) is 0 Å². The van der Waals surface area contributed by atoms with Gasteiger partial charge in [-0.3, -0.25) is 9.59 Å². The van der Waals surface area contributed by atoms with Crippen molar-refractivity contribution in [1.29, 1.82) is 0 Å². The average molecular weight is 294 g/mol. The van der Waals surface area contributed by atoms with Crippen LogP contribution in [0.4, 0.5) is 13.2 Å². The Hall–Kier alpha value is -1.87. The SMILES string of the molecule is COCC(O)CNC(=O)c1ccc(C(F)(F)F)[nH]c1=O. The van der Waals surface area contributed by atoms with Gasteiger partial charge in [0.05, 0.1) is 12.7 Å². The first-order valence-electron chi connectivity index (χ1n) is 5.51. The highest BCUT2D eigenvalue weighted by Crippen LogP contribution is 2.26. The van der Waals surface area contributed by atoms with Crippen molar-refractivity contribution in [1.82, 2.24) is 10.3 Å². The van der Waals surface area contributed by atoms with Crippen LogP contribution in [-0.4, -0.2) is 42.4 Å². The molecule has 1 heterocycles. The van der Waals surface area contributed by atoms with E-state index in [1.807, 2.05) is 0 Å². The van der Waals surface area contributed by atoms with Gasteiger partial charge in [-0.15, -0.1) is 0 Å². The molecule has 0 aliphatic carbocycles. The molecule has 9 heteroatoms. The molecular weight excluding hydrogens is 281 g/mol. The summed E-state index contributed by atoms with van der Waals surface area (Å²) in [6, 6.07) is 1.38. The minimum Gasteiger partial charge on any atom is -0.389 e. The zero-order chi connectivity index (χ0) is 15.3. The summed E-state index contributed by atoms with van der Waals surface area (Å²) in [7, 11) is 1.35. The smallest absolute Gasteiger partial charge is 0.389 e. The highest BCUT2D eigenvalue weighted by molar-refractivity contribution is 5.93. The number of aliphatic hydroxyl groups excluding tert-OH is 1. The lowest BCUT2D eigenvalue weighted by molar-refractivity contribution is -0.141. The van der Waals surface area contributed by atoms with Crippen molar-refractivity contribution < 1.29 is 27.8 Å². The fraction of sp³-hybridized carbons (Fsp3) is 0.455. The van der Waals surface area contributed by atoms with Gasteiger partial charge in [-0.05, 0) is 12.1 Å². The van der Waals surface area contributed by atoms with Gasteiger partial charge in [-0.1, -0.05) is 0 Å². The van der Waals surface area contributed by atoms with Crippen molar-refractivity contribution >= 4 is 5.91 Å². The number of ether oxygens (including phenoxy) is 1. The van der Waals surface area contributed by atoms with E-state index >= 15 is 0 Å². The number of methoxy groups -OCH3 is 1. The number of carbonyl (C=O) groups is 1. The van der Waals surface area contributed by atoms with Gasteiger partial charge < -0.3 is 20.1 Å². The molecule has 0 aliphatic rings. The van der Waals surface area contributed by atoms with Crippen LogP contribution in [0.25, 0.3) is 0 Å². The molecule has 1 amide bonds. The third-order valence-corrected chi connectivity index (χ3v) is 2.32. The number of aromatic nitrogens is 1. The van der Waals surface area contributed by atoms with Gasteiger partial charge in [0.15, 0.2) is 0 Å². The zero-order valence-electron chi connectivity index (χ0n) is 10.5.